The molecule has 139 heavy (non-hydrogen) atoms. The molecule has 4 saturated carbocycles. The number of para-hydroxylation sites is 1. The highest BCUT2D eigenvalue weighted by molar-refractivity contribution is 5.79. The molecule has 4 aliphatic rings. The molecule has 8 atom stereocenters. The van der Waals surface area contributed by atoms with Crippen molar-refractivity contribution in [3.63, 3.8) is 0 Å². The highest BCUT2D eigenvalue weighted by Crippen LogP contribution is 2.49. The van der Waals surface area contributed by atoms with Crippen molar-refractivity contribution in [3.8, 4) is 41.8 Å². The Balaban J connectivity index is -0.000000731. The molecule has 0 heterocycles. The summed E-state index contributed by atoms with van der Waals surface area (Å²) >= 11 is 0. The Morgan fingerprint density at radius 1 is 0.475 bits per heavy atom. The second-order valence-corrected chi connectivity index (χ2v) is 39.5. The molecule has 0 aliphatic heterocycles. The van der Waals surface area contributed by atoms with Crippen LogP contribution in [0, 0.1) is 131 Å². The van der Waals surface area contributed by atoms with Gasteiger partial charge >= 0.3 is 59.7 Å². The molecule has 0 radical (unpaired) electrons. The van der Waals surface area contributed by atoms with Crippen LogP contribution < -0.4 is 9.47 Å². The molecule has 0 aromatic heterocycles. The molecule has 2 aromatic rings. The number of nitriles is 5. The zero-order valence-electron chi connectivity index (χ0n) is 90.4. The van der Waals surface area contributed by atoms with E-state index in [2.05, 4.69) is 58.9 Å². The monoisotopic (exact) mass is 1940 g/mol. The second kappa shape index (κ2) is 72.4. The van der Waals surface area contributed by atoms with Crippen LogP contribution in [-0.4, -0.2) is 117 Å². The van der Waals surface area contributed by atoms with E-state index in [-0.39, 0.29) is 136 Å². The molecule has 780 valence electrons. The molecule has 26 nitrogen and oxygen atoms in total. The quantitative estimate of drug-likeness (QED) is 0.0149. The number of hydrogen-bond donors (Lipinski definition) is 0. The summed E-state index contributed by atoms with van der Waals surface area (Å²) in [7, 11) is 0. The first kappa shape index (κ1) is 134. The minimum absolute atomic E-state index is 0.0112. The molecule has 2 bridgehead atoms. The first-order chi connectivity index (χ1) is 65.1. The predicted molar refractivity (Wildman–Crippen MR) is 546 cm³/mol. The third kappa shape index (κ3) is 56.2. The van der Waals surface area contributed by atoms with Gasteiger partial charge in [0.25, 0.3) is 0 Å². The molecule has 0 saturated heterocycles. The number of benzene rings is 2. The SMILES string of the molecule is C=C(C)C1CCC(C)(OC(=O)C(C)CC)CC1.C=C(C)COC(=O)C(C)(C)CC.C=C1C2CCC(C2)C1OC(=O)C(C)(C)CC.C=CCOC(=O)C(C)(C)CC.C=COCCOC(=O)C(C)CC.CCC(C)(C)C(=O)OCCC#N.CCC(C)(C)C(=O)OCCCCC#N.CCC(C)C(=O)OC1(C#N)CCCCC1.CCC(C)C(=O)Oc1ccc(C#N)cc1.CCC(C)C(=O)Oc1ccccc1C#N. The Labute approximate surface area is 837 Å². The van der Waals surface area contributed by atoms with Crippen LogP contribution in [0.5, 0.6) is 11.5 Å². The van der Waals surface area contributed by atoms with Gasteiger partial charge in [0, 0.05) is 25.2 Å². The highest BCUT2D eigenvalue weighted by atomic mass is 16.6. The van der Waals surface area contributed by atoms with Crippen LogP contribution in [0.2, 0.25) is 0 Å². The minimum atomic E-state index is -0.821. The van der Waals surface area contributed by atoms with Gasteiger partial charge in [0.2, 0.25) is 0 Å². The van der Waals surface area contributed by atoms with E-state index in [1.807, 2.05) is 191 Å². The maximum Gasteiger partial charge on any atom is 0.314 e. The lowest BCUT2D eigenvalue weighted by atomic mass is 9.77. The van der Waals surface area contributed by atoms with E-state index in [0.29, 0.717) is 92.7 Å². The summed E-state index contributed by atoms with van der Waals surface area (Å²) in [4.78, 5) is 115. The molecule has 26 heteroatoms. The van der Waals surface area contributed by atoms with Gasteiger partial charge in [-0.1, -0.05) is 167 Å². The van der Waals surface area contributed by atoms with Gasteiger partial charge in [-0.3, -0.25) is 47.9 Å². The average Bonchev–Trinajstić information content (AvgIpc) is 1.62. The van der Waals surface area contributed by atoms with Gasteiger partial charge in [-0.25, -0.2) is 0 Å². The van der Waals surface area contributed by atoms with E-state index in [4.69, 9.17) is 78.4 Å². The van der Waals surface area contributed by atoms with Crippen molar-refractivity contribution in [2.24, 2.45) is 74.4 Å². The fraction of sp³-hybridized carbons (Fsp3) is 0.673. The Morgan fingerprint density at radius 3 is 1.33 bits per heavy atom. The number of fused-ring (bicyclic) bond motifs is 2. The number of nitrogens with zero attached hydrogens (tertiary/aromatic N) is 5. The van der Waals surface area contributed by atoms with E-state index in [1.165, 1.54) is 31.1 Å². The number of unbranched alkanes of at least 4 members (excludes halogenated alkanes) is 2. The van der Waals surface area contributed by atoms with Crippen LogP contribution in [-0.2, 0) is 90.6 Å². The molecular weight excluding hydrogens is 1760 g/mol. The van der Waals surface area contributed by atoms with Gasteiger partial charge in [-0.15, -0.1) is 0 Å². The standard InChI is InChI=1S/C15H26O2.C14H22O2.2C12H13NO2.C12H19NO2.C11H19NO2.C10H18O2.C9H15NO2.C9H16O3.C9H16O2/c1-6-12(4)14(16)17-15(5)9-7-13(8-10-15)11(2)3;1-5-14(3,4)13(15)16-12-9(2)10-6-7-11(12)8-10;1-3-9(2)12(14)15-11-6-4-10(8-13)5-7-11;1-3-9(2)12(14)15-11-7-5-4-6-10(11)8-13;1-3-10(2)11(14)15-12(9-13)7-5-4-6-8-12;1-4-11(2,3)10(13)14-9-7-5-6-8-12;1-6-10(4,5)9(11)12-7-8(2)3;1-4-9(2,3)8(11)12-7-5-6-10;1-4-8(3)9(10)12-7-6-11-5-2;1-5-7-11-8(10)9(3,4)6-2/h12-13H,2,6-10H2,1,3-5H3;10-12H,2,5-8H2,1,3-4H3;2*4-7,9H,3H2,1-2H3;10H,3-8H2,1-2H3;4-7,9H2,1-3H3;2,6-7H2,1,3-5H3;4-5,7H2,1-3H3;5,8H,2,4,6-7H2,1,3H3;5H,1,6-7H2,2-4H3. The summed E-state index contributed by atoms with van der Waals surface area (Å²) < 4.78 is 56.5. The molecule has 0 spiro atoms. The molecular formula is C113H177N5O21. The van der Waals surface area contributed by atoms with Gasteiger partial charge in [-0.2, -0.15) is 26.3 Å². The summed E-state index contributed by atoms with van der Waals surface area (Å²) in [5.41, 5.74) is 1.29. The molecule has 6 rings (SSSR count). The first-order valence-electron chi connectivity index (χ1n) is 50.0. The van der Waals surface area contributed by atoms with Gasteiger partial charge < -0.3 is 52.1 Å². The van der Waals surface area contributed by atoms with Crippen molar-refractivity contribution in [1.29, 1.82) is 26.3 Å². The van der Waals surface area contributed by atoms with Gasteiger partial charge in [0.1, 0.15) is 68.4 Å². The Hall–Kier alpha value is -10.9. The number of allylic oxidation sites excluding steroid dienone is 1. The van der Waals surface area contributed by atoms with E-state index < -0.39 is 11.0 Å². The van der Waals surface area contributed by atoms with E-state index in [9.17, 15) is 47.9 Å². The van der Waals surface area contributed by atoms with Crippen molar-refractivity contribution in [3.05, 3.63) is 122 Å². The number of rotatable bonds is 40. The van der Waals surface area contributed by atoms with Crippen LogP contribution in [0.15, 0.2) is 110 Å². The van der Waals surface area contributed by atoms with Crippen LogP contribution in [0.1, 0.15) is 372 Å². The van der Waals surface area contributed by atoms with E-state index in [0.717, 1.165) is 133 Å². The summed E-state index contributed by atoms with van der Waals surface area (Å²) in [5.74, 6) is 0.599. The number of hydrogen-bond acceptors (Lipinski definition) is 26. The summed E-state index contributed by atoms with van der Waals surface area (Å²) in [6, 6.07) is 23.4. The Morgan fingerprint density at radius 2 is 0.914 bits per heavy atom. The van der Waals surface area contributed by atoms with Crippen LogP contribution in [0.4, 0.5) is 0 Å². The predicted octanol–water partition coefficient (Wildman–Crippen LogP) is 26.2. The lowest BCUT2D eigenvalue weighted by Crippen LogP contribution is -2.37. The third-order valence-electron chi connectivity index (χ3n) is 25.7. The minimum Gasteiger partial charge on any atom is -0.498 e. The number of carbonyl (C=O) groups is 10. The van der Waals surface area contributed by atoms with Crippen molar-refractivity contribution in [2.75, 3.05) is 39.6 Å². The average molecular weight is 1940 g/mol. The Bertz CT molecular complexity index is 4280. The number of esters is 10. The van der Waals surface area contributed by atoms with Crippen molar-refractivity contribution in [1.82, 2.24) is 0 Å². The zero-order chi connectivity index (χ0) is 108. The molecule has 0 N–H and O–H groups in total. The van der Waals surface area contributed by atoms with Crippen LogP contribution >= 0.6 is 0 Å². The van der Waals surface area contributed by atoms with E-state index in [1.54, 1.807) is 61.5 Å². The molecule has 0 amide bonds. The molecule has 2 aromatic carbocycles. The summed E-state index contributed by atoms with van der Waals surface area (Å²) in [5, 5.41) is 43.0. The molecule has 8 unspecified atom stereocenters. The van der Waals surface area contributed by atoms with Crippen molar-refractivity contribution >= 4 is 59.7 Å². The largest absolute Gasteiger partial charge is 0.498 e. The summed E-state index contributed by atoms with van der Waals surface area (Å²) in [6.07, 6.45) is 25.4. The smallest absolute Gasteiger partial charge is 0.314 e. The lowest BCUT2D eigenvalue weighted by molar-refractivity contribution is -0.166. The highest BCUT2D eigenvalue weighted by Gasteiger charge is 2.46. The third-order valence-corrected chi connectivity index (χ3v) is 25.7. The second-order valence-electron chi connectivity index (χ2n) is 39.5. The number of ether oxygens (including phenoxy) is 11. The van der Waals surface area contributed by atoms with Crippen LogP contribution in [0.3, 0.4) is 0 Å². The van der Waals surface area contributed by atoms with Crippen molar-refractivity contribution < 1.29 is 100 Å². The molecule has 4 fully saturated rings. The maximum atomic E-state index is 12.0. The normalized spacial score (nSPS) is 17.2. The van der Waals surface area contributed by atoms with Gasteiger partial charge in [-0.05, 0) is 284 Å². The van der Waals surface area contributed by atoms with E-state index >= 15 is 0 Å². The first-order valence-corrected chi connectivity index (χ1v) is 50.0. The topological polar surface area (TPSA) is 391 Å². The number of carbonyl (C=O) groups excluding carboxylic acids is 10. The van der Waals surface area contributed by atoms with Crippen LogP contribution in [0.25, 0.3) is 0 Å². The summed E-state index contributed by atoms with van der Waals surface area (Å²) in [6.45, 7) is 74.3. The van der Waals surface area contributed by atoms with Crippen molar-refractivity contribution in [2.45, 2.75) is 378 Å². The lowest BCUT2D eigenvalue weighted by Gasteiger charge is -2.37. The maximum absolute atomic E-state index is 12.0. The van der Waals surface area contributed by atoms with Gasteiger partial charge in [0.15, 0.2) is 5.60 Å². The van der Waals surface area contributed by atoms with Gasteiger partial charge in [0.05, 0.1) is 105 Å². The zero-order valence-corrected chi connectivity index (χ0v) is 90.4. The Kier molecular flexibility index (Phi) is 70.0. The molecule has 4 aliphatic carbocycles. The fourth-order valence-corrected chi connectivity index (χ4v) is 11.8. The fourth-order valence-electron chi connectivity index (χ4n) is 11.8.